The highest BCUT2D eigenvalue weighted by Gasteiger charge is 2.33. The largest absolute Gasteiger partial charge is 0.313 e. The van der Waals surface area contributed by atoms with Gasteiger partial charge in [-0.2, -0.15) is 0 Å². The van der Waals surface area contributed by atoms with Crippen molar-refractivity contribution in [3.63, 3.8) is 0 Å². The zero-order valence-corrected chi connectivity index (χ0v) is 7.48. The summed E-state index contributed by atoms with van der Waals surface area (Å²) in [6.45, 7) is 4.75. The third-order valence-corrected chi connectivity index (χ3v) is 3.02. The number of rotatable bonds is 3. The van der Waals surface area contributed by atoms with Crippen molar-refractivity contribution in [1.29, 1.82) is 0 Å². The molecule has 1 atom stereocenters. The van der Waals surface area contributed by atoms with Crippen molar-refractivity contribution in [1.82, 2.24) is 10.2 Å². The van der Waals surface area contributed by atoms with Gasteiger partial charge in [0, 0.05) is 13.1 Å². The van der Waals surface area contributed by atoms with E-state index in [1.807, 2.05) is 0 Å². The van der Waals surface area contributed by atoms with E-state index in [-0.39, 0.29) is 0 Å². The fraction of sp³-hybridized carbons (Fsp3) is 1.00. The second kappa shape index (κ2) is 3.30. The predicted molar refractivity (Wildman–Crippen MR) is 47.0 cm³/mol. The minimum atomic E-state index is -0.893. The van der Waals surface area contributed by atoms with Crippen LogP contribution in [0.15, 0.2) is 0 Å². The van der Waals surface area contributed by atoms with Crippen LogP contribution in [0.1, 0.15) is 19.3 Å². The number of hydrogen-bond donors (Lipinski definition) is 1. The average molecular weight is 172 g/mol. The molecule has 1 N–H and O–H groups in total. The molecular formula is C9H17FN2. The molecule has 70 valence electrons. The summed E-state index contributed by atoms with van der Waals surface area (Å²) in [5.74, 6) is 0. The second-order valence-electron chi connectivity index (χ2n) is 4.02. The van der Waals surface area contributed by atoms with Gasteiger partial charge in [0.2, 0.25) is 0 Å². The number of likely N-dealkylation sites (tertiary alicyclic amines) is 1. The van der Waals surface area contributed by atoms with Crippen LogP contribution in [-0.4, -0.2) is 43.3 Å². The van der Waals surface area contributed by atoms with Gasteiger partial charge in [-0.1, -0.05) is 0 Å². The molecule has 0 aromatic heterocycles. The van der Waals surface area contributed by atoms with E-state index < -0.39 is 5.67 Å². The van der Waals surface area contributed by atoms with Gasteiger partial charge in [-0.25, -0.2) is 4.39 Å². The van der Waals surface area contributed by atoms with Crippen LogP contribution in [0.4, 0.5) is 4.39 Å². The molecule has 0 aliphatic carbocycles. The van der Waals surface area contributed by atoms with Crippen LogP contribution < -0.4 is 5.32 Å². The number of nitrogens with zero attached hydrogens (tertiary/aromatic N) is 1. The van der Waals surface area contributed by atoms with E-state index in [9.17, 15) is 4.39 Å². The molecule has 2 aliphatic rings. The standard InChI is InChI=1S/C9H17FN2/c10-9(2-4-11-8-9)3-7-12-5-1-6-12/h11H,1-8H2. The van der Waals surface area contributed by atoms with Gasteiger partial charge in [-0.15, -0.1) is 0 Å². The summed E-state index contributed by atoms with van der Waals surface area (Å²) in [5, 5.41) is 3.08. The molecule has 0 aromatic rings. The van der Waals surface area contributed by atoms with Gasteiger partial charge in [0.15, 0.2) is 0 Å². The van der Waals surface area contributed by atoms with Crippen LogP contribution in [0.25, 0.3) is 0 Å². The maximum Gasteiger partial charge on any atom is 0.125 e. The fourth-order valence-corrected chi connectivity index (χ4v) is 1.89. The summed E-state index contributed by atoms with van der Waals surface area (Å²) in [6, 6.07) is 0. The van der Waals surface area contributed by atoms with Crippen molar-refractivity contribution < 1.29 is 4.39 Å². The van der Waals surface area contributed by atoms with Crippen molar-refractivity contribution in [3.8, 4) is 0 Å². The highest BCUT2D eigenvalue weighted by molar-refractivity contribution is 4.89. The average Bonchev–Trinajstić information content (AvgIpc) is 2.33. The molecule has 0 radical (unpaired) electrons. The van der Waals surface area contributed by atoms with E-state index in [1.54, 1.807) is 0 Å². The van der Waals surface area contributed by atoms with Crippen LogP contribution in [0, 0.1) is 0 Å². The first-order valence-corrected chi connectivity index (χ1v) is 4.91. The summed E-state index contributed by atoms with van der Waals surface area (Å²) in [7, 11) is 0. The van der Waals surface area contributed by atoms with E-state index in [2.05, 4.69) is 10.2 Å². The molecule has 2 aliphatic heterocycles. The maximum absolute atomic E-state index is 13.7. The van der Waals surface area contributed by atoms with Crippen LogP contribution in [0.2, 0.25) is 0 Å². The minimum absolute atomic E-state index is 0.570. The minimum Gasteiger partial charge on any atom is -0.313 e. The number of alkyl halides is 1. The lowest BCUT2D eigenvalue weighted by molar-refractivity contribution is 0.114. The van der Waals surface area contributed by atoms with Crippen LogP contribution in [-0.2, 0) is 0 Å². The molecule has 0 saturated carbocycles. The highest BCUT2D eigenvalue weighted by atomic mass is 19.1. The molecule has 0 amide bonds. The second-order valence-corrected chi connectivity index (χ2v) is 4.02. The quantitative estimate of drug-likeness (QED) is 0.677. The van der Waals surface area contributed by atoms with E-state index in [0.717, 1.165) is 19.5 Å². The molecule has 2 rings (SSSR count). The Morgan fingerprint density at radius 1 is 1.42 bits per heavy atom. The van der Waals surface area contributed by atoms with Crippen molar-refractivity contribution in [2.24, 2.45) is 0 Å². The Hall–Kier alpha value is -0.150. The molecule has 2 saturated heterocycles. The number of halogens is 1. The first-order valence-electron chi connectivity index (χ1n) is 4.91. The summed E-state index contributed by atoms with van der Waals surface area (Å²) < 4.78 is 13.7. The van der Waals surface area contributed by atoms with E-state index in [4.69, 9.17) is 0 Å². The highest BCUT2D eigenvalue weighted by Crippen LogP contribution is 2.24. The molecule has 0 spiro atoms. The molecule has 2 fully saturated rings. The third-order valence-electron chi connectivity index (χ3n) is 3.02. The van der Waals surface area contributed by atoms with Crippen molar-refractivity contribution >= 4 is 0 Å². The first-order chi connectivity index (χ1) is 5.79. The van der Waals surface area contributed by atoms with E-state index >= 15 is 0 Å². The molecule has 0 bridgehead atoms. The van der Waals surface area contributed by atoms with Crippen molar-refractivity contribution in [2.75, 3.05) is 32.7 Å². The van der Waals surface area contributed by atoms with Gasteiger partial charge < -0.3 is 10.2 Å². The zero-order valence-electron chi connectivity index (χ0n) is 7.48. The molecule has 12 heavy (non-hydrogen) atoms. The molecule has 2 nitrogen and oxygen atoms in total. The van der Waals surface area contributed by atoms with Gasteiger partial charge in [-0.3, -0.25) is 0 Å². The summed E-state index contributed by atoms with van der Waals surface area (Å²) in [4.78, 5) is 2.33. The Labute approximate surface area is 73.1 Å². The van der Waals surface area contributed by atoms with Gasteiger partial charge >= 0.3 is 0 Å². The Bertz CT molecular complexity index is 151. The SMILES string of the molecule is FC1(CCN2CCC2)CCNC1. The molecule has 0 aromatic carbocycles. The summed E-state index contributed by atoms with van der Waals surface area (Å²) >= 11 is 0. The predicted octanol–water partition coefficient (Wildman–Crippen LogP) is 0.784. The van der Waals surface area contributed by atoms with Gasteiger partial charge in [0.25, 0.3) is 0 Å². The smallest absolute Gasteiger partial charge is 0.125 e. The first kappa shape index (κ1) is 8.45. The molecule has 2 heterocycles. The van der Waals surface area contributed by atoms with E-state index in [0.29, 0.717) is 13.0 Å². The number of nitrogens with one attached hydrogen (secondary N) is 1. The normalized spacial score (nSPS) is 36.8. The topological polar surface area (TPSA) is 15.3 Å². The van der Waals surface area contributed by atoms with Gasteiger partial charge in [0.1, 0.15) is 5.67 Å². The summed E-state index contributed by atoms with van der Waals surface area (Å²) in [5.41, 5.74) is -0.893. The van der Waals surface area contributed by atoms with Crippen molar-refractivity contribution in [2.45, 2.75) is 24.9 Å². The Morgan fingerprint density at radius 3 is 2.75 bits per heavy atom. The van der Waals surface area contributed by atoms with Crippen molar-refractivity contribution in [3.05, 3.63) is 0 Å². The fourth-order valence-electron chi connectivity index (χ4n) is 1.89. The van der Waals surface area contributed by atoms with E-state index in [1.165, 1.54) is 19.5 Å². The lowest BCUT2D eigenvalue weighted by Gasteiger charge is -2.32. The monoisotopic (exact) mass is 172 g/mol. The van der Waals surface area contributed by atoms with Crippen LogP contribution in [0.5, 0.6) is 0 Å². The number of hydrogen-bond acceptors (Lipinski definition) is 2. The lowest BCUT2D eigenvalue weighted by Crippen LogP contribution is -2.41. The molecule has 1 unspecified atom stereocenters. The van der Waals surface area contributed by atoms with Gasteiger partial charge in [0.05, 0.1) is 0 Å². The molecule has 3 heteroatoms. The van der Waals surface area contributed by atoms with Gasteiger partial charge in [-0.05, 0) is 38.9 Å². The Morgan fingerprint density at radius 2 is 2.25 bits per heavy atom. The lowest BCUT2D eigenvalue weighted by atomic mass is 10.00. The van der Waals surface area contributed by atoms with Crippen LogP contribution in [0.3, 0.4) is 0 Å². The maximum atomic E-state index is 13.7. The zero-order chi connectivity index (χ0) is 8.44. The van der Waals surface area contributed by atoms with Crippen LogP contribution >= 0.6 is 0 Å². The summed E-state index contributed by atoms with van der Waals surface area (Å²) in [6.07, 6.45) is 2.73. The third kappa shape index (κ3) is 1.77. The Kier molecular flexibility index (Phi) is 2.33. The Balaban J connectivity index is 1.70. The molecular weight excluding hydrogens is 155 g/mol.